The zero-order valence-corrected chi connectivity index (χ0v) is 13.6. The van der Waals surface area contributed by atoms with Crippen molar-refractivity contribution in [2.75, 3.05) is 5.32 Å². The number of anilines is 1. The van der Waals surface area contributed by atoms with E-state index in [2.05, 4.69) is 5.32 Å². The normalized spacial score (nSPS) is 11.2. The molecule has 0 unspecified atom stereocenters. The van der Waals surface area contributed by atoms with Crippen LogP contribution in [0.1, 0.15) is 16.7 Å². The Morgan fingerprint density at radius 3 is 2.70 bits per heavy atom. The van der Waals surface area contributed by atoms with Gasteiger partial charge in [-0.1, -0.05) is 41.7 Å². The molecule has 1 heterocycles. The zero-order valence-electron chi connectivity index (χ0n) is 12.8. The van der Waals surface area contributed by atoms with Crippen molar-refractivity contribution in [2.45, 2.75) is 13.8 Å². The topological polar surface area (TPSA) is 59.3 Å². The summed E-state index contributed by atoms with van der Waals surface area (Å²) >= 11 is 1.05. The average molecular weight is 325 g/mol. The number of hydrogen-bond donors (Lipinski definition) is 1. The van der Waals surface area contributed by atoms with E-state index in [1.807, 2.05) is 50.2 Å². The third-order valence-corrected chi connectivity index (χ3v) is 4.47. The van der Waals surface area contributed by atoms with E-state index in [0.29, 0.717) is 11.3 Å². The van der Waals surface area contributed by atoms with Gasteiger partial charge in [0.25, 0.3) is 0 Å². The lowest BCUT2D eigenvalue weighted by atomic mass is 10.1. The molecule has 1 aromatic heterocycles. The number of benzene rings is 2. The molecule has 1 amide bonds. The molecule has 0 saturated carbocycles. The summed E-state index contributed by atoms with van der Waals surface area (Å²) in [5, 5.41) is 2.86. The van der Waals surface area contributed by atoms with Gasteiger partial charge in [-0.2, -0.15) is 0 Å². The first kappa shape index (κ1) is 15.2. The average Bonchev–Trinajstić information content (AvgIpc) is 2.94. The first-order valence-electron chi connectivity index (χ1n) is 7.12. The molecule has 116 valence electrons. The van der Waals surface area contributed by atoms with Crippen molar-refractivity contribution in [1.82, 2.24) is 0 Å². The minimum atomic E-state index is -0.335. The zero-order chi connectivity index (χ0) is 16.4. The van der Waals surface area contributed by atoms with Crippen molar-refractivity contribution in [3.63, 3.8) is 0 Å². The second kappa shape index (κ2) is 6.22. The Labute approximate surface area is 137 Å². The van der Waals surface area contributed by atoms with E-state index in [0.717, 1.165) is 32.7 Å². The van der Waals surface area contributed by atoms with Crippen LogP contribution in [0.15, 0.2) is 51.7 Å². The summed E-state index contributed by atoms with van der Waals surface area (Å²) < 4.78 is 5.96. The van der Waals surface area contributed by atoms with Crippen LogP contribution in [0, 0.1) is 13.8 Å². The smallest absolute Gasteiger partial charge is 0.396 e. The molecule has 1 N–H and O–H groups in total. The maximum Gasteiger partial charge on any atom is 0.396 e. The molecule has 5 heteroatoms. The number of aryl methyl sites for hydroxylation is 2. The van der Waals surface area contributed by atoms with Gasteiger partial charge < -0.3 is 9.73 Å². The molecular formula is C18H15NO3S. The van der Waals surface area contributed by atoms with Crippen LogP contribution in [0.3, 0.4) is 0 Å². The first-order chi connectivity index (χ1) is 11.0. The molecule has 0 saturated heterocycles. The van der Waals surface area contributed by atoms with Crippen LogP contribution in [0.4, 0.5) is 5.69 Å². The Morgan fingerprint density at radius 1 is 1.22 bits per heavy atom. The lowest BCUT2D eigenvalue weighted by Crippen LogP contribution is -2.09. The fourth-order valence-corrected chi connectivity index (χ4v) is 3.19. The van der Waals surface area contributed by atoms with E-state index in [9.17, 15) is 9.59 Å². The molecule has 2 aromatic carbocycles. The Morgan fingerprint density at radius 2 is 1.96 bits per heavy atom. The standard InChI is InChI=1S/C18H15NO3S/c1-11-10-14(12(2)17-16(11)22-18(21)23-17)19-15(20)9-8-13-6-4-3-5-7-13/h3-10H,1-2H3,(H,19,20). The number of rotatable bonds is 3. The molecule has 3 rings (SSSR count). The highest BCUT2D eigenvalue weighted by Gasteiger charge is 2.13. The van der Waals surface area contributed by atoms with E-state index in [4.69, 9.17) is 4.42 Å². The van der Waals surface area contributed by atoms with Crippen LogP contribution in [-0.2, 0) is 4.79 Å². The number of nitrogens with one attached hydrogen (secondary N) is 1. The van der Waals surface area contributed by atoms with Crippen LogP contribution < -0.4 is 10.3 Å². The van der Waals surface area contributed by atoms with Gasteiger partial charge in [0.15, 0.2) is 5.58 Å². The Hall–Kier alpha value is -2.66. The summed E-state index contributed by atoms with van der Waals surface area (Å²) in [6, 6.07) is 11.4. The number of fused-ring (bicyclic) bond motifs is 1. The van der Waals surface area contributed by atoms with E-state index >= 15 is 0 Å². The number of carbonyl (C=O) groups is 1. The summed E-state index contributed by atoms with van der Waals surface area (Å²) in [5.74, 6) is -0.216. The monoisotopic (exact) mass is 325 g/mol. The molecule has 4 nitrogen and oxygen atoms in total. The summed E-state index contributed by atoms with van der Waals surface area (Å²) in [6.07, 6.45) is 3.25. The molecule has 0 atom stereocenters. The fraction of sp³-hybridized carbons (Fsp3) is 0.111. The van der Waals surface area contributed by atoms with Gasteiger partial charge >= 0.3 is 4.94 Å². The molecular weight excluding hydrogens is 310 g/mol. The van der Waals surface area contributed by atoms with Gasteiger partial charge in [-0.3, -0.25) is 4.79 Å². The predicted octanol–water partition coefficient (Wildman–Crippen LogP) is 4.12. The van der Waals surface area contributed by atoms with Gasteiger partial charge in [0.1, 0.15) is 0 Å². The van der Waals surface area contributed by atoms with Gasteiger partial charge in [-0.25, -0.2) is 4.79 Å². The van der Waals surface area contributed by atoms with Crippen molar-refractivity contribution in [2.24, 2.45) is 0 Å². The van der Waals surface area contributed by atoms with Gasteiger partial charge in [-0.15, -0.1) is 0 Å². The second-order valence-electron chi connectivity index (χ2n) is 5.21. The highest BCUT2D eigenvalue weighted by molar-refractivity contribution is 7.16. The fourth-order valence-electron chi connectivity index (χ4n) is 2.34. The molecule has 23 heavy (non-hydrogen) atoms. The van der Waals surface area contributed by atoms with Crippen LogP contribution in [0.25, 0.3) is 16.4 Å². The van der Waals surface area contributed by atoms with Crippen molar-refractivity contribution in [3.8, 4) is 0 Å². The van der Waals surface area contributed by atoms with Crippen molar-refractivity contribution in [3.05, 3.63) is 68.9 Å². The second-order valence-corrected chi connectivity index (χ2v) is 6.16. The maximum absolute atomic E-state index is 12.1. The molecule has 0 spiro atoms. The van der Waals surface area contributed by atoms with Crippen LogP contribution in [0.2, 0.25) is 0 Å². The Kier molecular flexibility index (Phi) is 4.12. The predicted molar refractivity (Wildman–Crippen MR) is 93.9 cm³/mol. The largest absolute Gasteiger partial charge is 0.414 e. The van der Waals surface area contributed by atoms with Crippen molar-refractivity contribution in [1.29, 1.82) is 0 Å². The molecule has 0 aliphatic carbocycles. The molecule has 0 radical (unpaired) electrons. The number of carbonyl (C=O) groups excluding carboxylic acids is 1. The lowest BCUT2D eigenvalue weighted by molar-refractivity contribution is -0.111. The molecule has 0 aliphatic rings. The third-order valence-electron chi connectivity index (χ3n) is 3.53. The van der Waals surface area contributed by atoms with E-state index in [1.54, 1.807) is 6.08 Å². The van der Waals surface area contributed by atoms with Crippen molar-refractivity contribution < 1.29 is 9.21 Å². The van der Waals surface area contributed by atoms with E-state index in [-0.39, 0.29) is 10.8 Å². The minimum absolute atomic E-state index is 0.216. The van der Waals surface area contributed by atoms with E-state index < -0.39 is 0 Å². The summed E-state index contributed by atoms with van der Waals surface area (Å²) in [7, 11) is 0. The minimum Gasteiger partial charge on any atom is -0.414 e. The van der Waals surface area contributed by atoms with Crippen molar-refractivity contribution >= 4 is 39.3 Å². The van der Waals surface area contributed by atoms with Crippen LogP contribution in [-0.4, -0.2) is 5.91 Å². The molecule has 0 aliphatic heterocycles. The quantitative estimate of drug-likeness (QED) is 0.737. The van der Waals surface area contributed by atoms with Gasteiger partial charge in [0, 0.05) is 11.8 Å². The molecule has 3 aromatic rings. The van der Waals surface area contributed by atoms with Crippen LogP contribution >= 0.6 is 11.3 Å². The number of hydrogen-bond acceptors (Lipinski definition) is 4. The molecule has 0 fully saturated rings. The summed E-state index contributed by atoms with van der Waals surface area (Å²) in [4.78, 5) is 23.2. The maximum atomic E-state index is 12.1. The van der Waals surface area contributed by atoms with Crippen LogP contribution in [0.5, 0.6) is 0 Å². The highest BCUT2D eigenvalue weighted by atomic mass is 32.1. The van der Waals surface area contributed by atoms with E-state index in [1.165, 1.54) is 6.08 Å². The highest BCUT2D eigenvalue weighted by Crippen LogP contribution is 2.30. The lowest BCUT2D eigenvalue weighted by Gasteiger charge is -2.08. The van der Waals surface area contributed by atoms with Gasteiger partial charge in [0.05, 0.1) is 4.70 Å². The Balaban J connectivity index is 1.86. The first-order valence-corrected chi connectivity index (χ1v) is 7.94. The summed E-state index contributed by atoms with van der Waals surface area (Å²) in [5.41, 5.74) is 3.90. The molecule has 0 bridgehead atoms. The SMILES string of the molecule is Cc1cc(NC(=O)C=Cc2ccccc2)c(C)c2sc(=O)oc12. The van der Waals surface area contributed by atoms with Gasteiger partial charge in [0.2, 0.25) is 5.91 Å². The Bertz CT molecular complexity index is 952. The third kappa shape index (κ3) is 3.24. The summed E-state index contributed by atoms with van der Waals surface area (Å²) in [6.45, 7) is 3.72. The van der Waals surface area contributed by atoms with Gasteiger partial charge in [-0.05, 0) is 42.7 Å². The number of amides is 1.